The van der Waals surface area contributed by atoms with Gasteiger partial charge in [0.05, 0.1) is 35.5 Å². The molecule has 3 aromatic carbocycles. The molecule has 3 heterocycles. The fraction of sp³-hybridized carbons (Fsp3) is 0.235. The molecule has 6 rings (SSSR count). The van der Waals surface area contributed by atoms with E-state index in [0.717, 1.165) is 59.4 Å². The molecule has 1 atom stereocenters. The number of anilines is 1. The quantitative estimate of drug-likeness (QED) is 0.218. The van der Waals surface area contributed by atoms with Gasteiger partial charge in [-0.05, 0) is 67.4 Å². The lowest BCUT2D eigenvalue weighted by Crippen LogP contribution is -2.47. The minimum Gasteiger partial charge on any atom is -0.496 e. The molecule has 1 aliphatic heterocycles. The van der Waals surface area contributed by atoms with Crippen molar-refractivity contribution in [1.29, 1.82) is 5.26 Å². The van der Waals surface area contributed by atoms with Gasteiger partial charge in [0, 0.05) is 60.3 Å². The van der Waals surface area contributed by atoms with E-state index in [1.165, 1.54) is 19.2 Å². The van der Waals surface area contributed by atoms with Crippen molar-refractivity contribution in [1.82, 2.24) is 20.1 Å². The molecule has 1 fully saturated rings. The standard InChI is InChI=1S/C26H23F3N6O.C8H9NO2/c1-34-14-18(13-31-34)22-11-21-23(9-6-17(12-30)24(21)33-22)35-10-2-3-20(15-35)32-25(36)16-4-7-19(8-5-16)26(27,28)29;1-11-7-5-3-2-4-6(7)8(9)10/h4-9,11,13-14,20,33H,2-3,10,15H2,1H3,(H,32,36);2-5H,1H3,(H2,9,10). The van der Waals surface area contributed by atoms with Gasteiger partial charge in [0.15, 0.2) is 0 Å². The van der Waals surface area contributed by atoms with Crippen molar-refractivity contribution in [2.24, 2.45) is 12.8 Å². The van der Waals surface area contributed by atoms with Gasteiger partial charge >= 0.3 is 6.18 Å². The zero-order chi connectivity index (χ0) is 33.7. The number of para-hydroxylation sites is 1. The first-order chi connectivity index (χ1) is 22.5. The minimum atomic E-state index is -4.44. The predicted octanol–water partition coefficient (Wildman–Crippen LogP) is 5.65. The third-order valence-corrected chi connectivity index (χ3v) is 7.85. The summed E-state index contributed by atoms with van der Waals surface area (Å²) in [7, 11) is 3.34. The molecule has 10 nitrogen and oxygen atoms in total. The highest BCUT2D eigenvalue weighted by molar-refractivity contribution is 5.99. The number of H-pyrrole nitrogens is 1. The van der Waals surface area contributed by atoms with Crippen LogP contribution in [0.3, 0.4) is 0 Å². The van der Waals surface area contributed by atoms with Crippen LogP contribution in [0.1, 0.15) is 44.7 Å². The van der Waals surface area contributed by atoms with Crippen LogP contribution in [0.15, 0.2) is 79.1 Å². The molecule has 5 aromatic rings. The Morgan fingerprint density at radius 3 is 2.49 bits per heavy atom. The number of ether oxygens (including phenoxy) is 1. The van der Waals surface area contributed by atoms with Gasteiger partial charge in [-0.15, -0.1) is 0 Å². The number of fused-ring (bicyclic) bond motifs is 1. The number of nitrogens with two attached hydrogens (primary N) is 1. The summed E-state index contributed by atoms with van der Waals surface area (Å²) in [6, 6.07) is 18.8. The van der Waals surface area contributed by atoms with Crippen LogP contribution < -0.4 is 20.7 Å². The Balaban J connectivity index is 0.000000335. The number of hydrogen-bond donors (Lipinski definition) is 3. The maximum Gasteiger partial charge on any atom is 0.416 e. The number of aromatic nitrogens is 3. The van der Waals surface area contributed by atoms with Crippen LogP contribution in [0.25, 0.3) is 22.2 Å². The van der Waals surface area contributed by atoms with Gasteiger partial charge in [-0.25, -0.2) is 0 Å². The van der Waals surface area contributed by atoms with E-state index in [1.807, 2.05) is 25.4 Å². The number of piperidine rings is 1. The zero-order valence-electron chi connectivity index (χ0n) is 25.6. The van der Waals surface area contributed by atoms with Gasteiger partial charge in [-0.1, -0.05) is 12.1 Å². The number of hydrogen-bond acceptors (Lipinski definition) is 6. The van der Waals surface area contributed by atoms with Crippen molar-refractivity contribution in [2.45, 2.75) is 25.1 Å². The van der Waals surface area contributed by atoms with Gasteiger partial charge < -0.3 is 25.7 Å². The number of nitrogens with one attached hydrogen (secondary N) is 2. The second kappa shape index (κ2) is 13.7. The molecular formula is C34H32F3N7O3. The summed E-state index contributed by atoms with van der Waals surface area (Å²) in [5.74, 6) is -0.358. The summed E-state index contributed by atoms with van der Waals surface area (Å²) >= 11 is 0. The van der Waals surface area contributed by atoms with Crippen LogP contribution >= 0.6 is 0 Å². The Kier molecular flexibility index (Phi) is 9.51. The second-order valence-electron chi connectivity index (χ2n) is 11.0. The highest BCUT2D eigenvalue weighted by Crippen LogP contribution is 2.35. The van der Waals surface area contributed by atoms with E-state index in [1.54, 1.807) is 41.2 Å². The number of carbonyl (C=O) groups excluding carboxylic acids is 2. The lowest BCUT2D eigenvalue weighted by atomic mass is 10.0. The maximum absolute atomic E-state index is 12.8. The lowest BCUT2D eigenvalue weighted by molar-refractivity contribution is -0.137. The van der Waals surface area contributed by atoms with Crippen molar-refractivity contribution in [2.75, 3.05) is 25.1 Å². The van der Waals surface area contributed by atoms with E-state index in [0.29, 0.717) is 23.4 Å². The number of aryl methyl sites for hydroxylation is 1. The summed E-state index contributed by atoms with van der Waals surface area (Å²) in [4.78, 5) is 29.0. The van der Waals surface area contributed by atoms with Gasteiger partial charge in [-0.3, -0.25) is 14.3 Å². The molecule has 47 heavy (non-hydrogen) atoms. The number of nitriles is 1. The summed E-state index contributed by atoms with van der Waals surface area (Å²) in [5, 5.41) is 17.7. The normalized spacial score (nSPS) is 14.6. The monoisotopic (exact) mass is 643 g/mol. The molecule has 1 unspecified atom stereocenters. The van der Waals surface area contributed by atoms with Crippen molar-refractivity contribution < 1.29 is 27.5 Å². The number of methoxy groups -OCH3 is 1. The molecule has 242 valence electrons. The van der Waals surface area contributed by atoms with Gasteiger partial charge in [0.1, 0.15) is 11.8 Å². The molecule has 0 aliphatic carbocycles. The van der Waals surface area contributed by atoms with Crippen molar-refractivity contribution in [3.63, 3.8) is 0 Å². The average Bonchev–Trinajstić information content (AvgIpc) is 3.71. The molecule has 0 saturated carbocycles. The largest absolute Gasteiger partial charge is 0.496 e. The first-order valence-electron chi connectivity index (χ1n) is 14.7. The van der Waals surface area contributed by atoms with Gasteiger partial charge in [0.25, 0.3) is 11.8 Å². The fourth-order valence-electron chi connectivity index (χ4n) is 5.53. The zero-order valence-corrected chi connectivity index (χ0v) is 25.6. The number of amides is 2. The van der Waals surface area contributed by atoms with E-state index in [9.17, 15) is 28.0 Å². The second-order valence-corrected chi connectivity index (χ2v) is 11.0. The van der Waals surface area contributed by atoms with Crippen LogP contribution in [0.4, 0.5) is 18.9 Å². The molecule has 0 radical (unpaired) electrons. The summed E-state index contributed by atoms with van der Waals surface area (Å²) in [5.41, 5.74) is 8.87. The van der Waals surface area contributed by atoms with E-state index in [2.05, 4.69) is 26.4 Å². The Morgan fingerprint density at radius 2 is 1.87 bits per heavy atom. The molecule has 0 bridgehead atoms. The highest BCUT2D eigenvalue weighted by Gasteiger charge is 2.30. The number of rotatable bonds is 6. The van der Waals surface area contributed by atoms with Crippen molar-refractivity contribution >= 4 is 28.4 Å². The lowest BCUT2D eigenvalue weighted by Gasteiger charge is -2.35. The van der Waals surface area contributed by atoms with Gasteiger partial charge in [0.2, 0.25) is 0 Å². The Hall–Kier alpha value is -5.77. The molecule has 2 amide bonds. The van der Waals surface area contributed by atoms with E-state index in [4.69, 9.17) is 10.5 Å². The molecule has 2 aromatic heterocycles. The first kappa shape index (κ1) is 32.6. The topological polar surface area (TPSA) is 142 Å². The number of halogens is 3. The van der Waals surface area contributed by atoms with Crippen molar-refractivity contribution in [3.8, 4) is 23.1 Å². The average molecular weight is 644 g/mol. The maximum atomic E-state index is 12.8. The summed E-state index contributed by atoms with van der Waals surface area (Å²) < 4.78 is 45.1. The van der Waals surface area contributed by atoms with Crippen molar-refractivity contribution in [3.05, 3.63) is 101 Å². The molecule has 1 saturated heterocycles. The predicted molar refractivity (Wildman–Crippen MR) is 171 cm³/mol. The summed E-state index contributed by atoms with van der Waals surface area (Å²) in [6.07, 6.45) is 0.796. The van der Waals surface area contributed by atoms with E-state index < -0.39 is 23.6 Å². The Labute approximate surface area is 268 Å². The highest BCUT2D eigenvalue weighted by atomic mass is 19.4. The molecule has 0 spiro atoms. The van der Waals surface area contributed by atoms with E-state index in [-0.39, 0.29) is 11.6 Å². The number of alkyl halides is 3. The fourth-order valence-corrected chi connectivity index (χ4v) is 5.53. The molecule has 13 heteroatoms. The first-order valence-corrected chi connectivity index (χ1v) is 14.7. The van der Waals surface area contributed by atoms with Crippen LogP contribution in [0, 0.1) is 11.3 Å². The van der Waals surface area contributed by atoms with Crippen LogP contribution in [-0.4, -0.2) is 52.8 Å². The molecule has 4 N–H and O–H groups in total. The van der Waals surface area contributed by atoms with Crippen LogP contribution in [0.2, 0.25) is 0 Å². The van der Waals surface area contributed by atoms with E-state index >= 15 is 0 Å². The van der Waals surface area contributed by atoms with Crippen LogP contribution in [0.5, 0.6) is 5.75 Å². The third-order valence-electron chi connectivity index (χ3n) is 7.85. The number of nitrogens with zero attached hydrogens (tertiary/aromatic N) is 4. The number of benzene rings is 3. The van der Waals surface area contributed by atoms with Crippen LogP contribution in [-0.2, 0) is 13.2 Å². The molecule has 1 aliphatic rings. The third kappa shape index (κ3) is 7.38. The SMILES string of the molecule is COc1ccccc1C(N)=O.Cn1cc(-c2cc3c(N4CCCC(NC(=O)c5ccc(C(F)(F)F)cc5)C4)ccc(C#N)c3[nH]2)cn1. The number of primary amides is 1. The minimum absolute atomic E-state index is 0.170. The molecular weight excluding hydrogens is 611 g/mol. The Morgan fingerprint density at radius 1 is 1.13 bits per heavy atom. The smallest absolute Gasteiger partial charge is 0.416 e. The summed E-state index contributed by atoms with van der Waals surface area (Å²) in [6.45, 7) is 1.32. The number of carbonyl (C=O) groups is 2. The van der Waals surface area contributed by atoms with Gasteiger partial charge in [-0.2, -0.15) is 23.5 Å². The Bertz CT molecular complexity index is 1940. The number of aromatic amines is 1.